The normalized spacial score (nSPS) is 12.0. The minimum Gasteiger partial charge on any atom is -0.493 e. The van der Waals surface area contributed by atoms with Crippen molar-refractivity contribution in [3.8, 4) is 5.75 Å². The monoisotopic (exact) mass is 401 g/mol. The average molecular weight is 402 g/mol. The van der Waals surface area contributed by atoms with E-state index in [1.807, 2.05) is 37.3 Å². The predicted octanol–water partition coefficient (Wildman–Crippen LogP) is 4.06. The second-order valence-corrected chi connectivity index (χ2v) is 6.50. The third-order valence-corrected chi connectivity index (χ3v) is 4.33. The molecule has 0 bridgehead atoms. The minimum atomic E-state index is -0.703. The molecule has 2 aromatic carbocycles. The van der Waals surface area contributed by atoms with Gasteiger partial charge >= 0.3 is 5.63 Å². The lowest BCUT2D eigenvalue weighted by molar-refractivity contribution is 0.0936. The first kappa shape index (κ1) is 17.2. The molecule has 1 heterocycles. The zero-order valence-electron chi connectivity index (χ0n) is 13.7. The van der Waals surface area contributed by atoms with E-state index in [1.54, 1.807) is 12.1 Å². The van der Waals surface area contributed by atoms with Crippen molar-refractivity contribution in [1.82, 2.24) is 5.32 Å². The lowest BCUT2D eigenvalue weighted by Crippen LogP contribution is -2.30. The summed E-state index contributed by atoms with van der Waals surface area (Å²) in [6.07, 6.45) is 0. The van der Waals surface area contributed by atoms with Crippen LogP contribution in [0, 0.1) is 0 Å². The van der Waals surface area contributed by atoms with Crippen LogP contribution >= 0.6 is 15.9 Å². The zero-order valence-corrected chi connectivity index (χ0v) is 15.3. The number of methoxy groups -OCH3 is 1. The van der Waals surface area contributed by atoms with Gasteiger partial charge in [0.1, 0.15) is 5.56 Å². The molecule has 6 heteroatoms. The smallest absolute Gasteiger partial charge is 0.349 e. The molecular formula is C19H16BrNO4. The summed E-state index contributed by atoms with van der Waals surface area (Å²) < 4.78 is 11.3. The van der Waals surface area contributed by atoms with Crippen molar-refractivity contribution in [3.05, 3.63) is 74.6 Å². The summed E-state index contributed by atoms with van der Waals surface area (Å²) in [7, 11) is 1.49. The van der Waals surface area contributed by atoms with Crippen LogP contribution in [0.4, 0.5) is 0 Å². The summed E-state index contributed by atoms with van der Waals surface area (Å²) in [5.41, 5.74) is 0.509. The molecule has 1 amide bonds. The van der Waals surface area contributed by atoms with Gasteiger partial charge in [0.05, 0.1) is 13.2 Å². The van der Waals surface area contributed by atoms with Crippen molar-refractivity contribution in [3.63, 3.8) is 0 Å². The summed E-state index contributed by atoms with van der Waals surface area (Å²) in [5.74, 6) is -0.0583. The van der Waals surface area contributed by atoms with Gasteiger partial charge in [0.25, 0.3) is 5.91 Å². The van der Waals surface area contributed by atoms with Gasteiger partial charge in [-0.05, 0) is 30.7 Å². The molecule has 0 fully saturated rings. The van der Waals surface area contributed by atoms with E-state index in [4.69, 9.17) is 9.15 Å². The fourth-order valence-corrected chi connectivity index (χ4v) is 3.03. The Morgan fingerprint density at radius 3 is 2.60 bits per heavy atom. The van der Waals surface area contributed by atoms with E-state index in [2.05, 4.69) is 21.2 Å². The maximum atomic E-state index is 12.5. The second-order valence-electron chi connectivity index (χ2n) is 5.58. The maximum absolute atomic E-state index is 12.5. The number of benzene rings is 2. The zero-order chi connectivity index (χ0) is 18.0. The number of rotatable bonds is 4. The summed E-state index contributed by atoms with van der Waals surface area (Å²) in [5, 5.41) is 3.42. The summed E-state index contributed by atoms with van der Waals surface area (Å²) >= 11 is 3.37. The van der Waals surface area contributed by atoms with E-state index < -0.39 is 11.5 Å². The van der Waals surface area contributed by atoms with E-state index in [0.29, 0.717) is 16.7 Å². The first-order chi connectivity index (χ1) is 12.0. The van der Waals surface area contributed by atoms with E-state index >= 15 is 0 Å². The lowest BCUT2D eigenvalue weighted by atomic mass is 10.1. The van der Waals surface area contributed by atoms with Crippen LogP contribution in [0.15, 0.2) is 62.2 Å². The van der Waals surface area contributed by atoms with Crippen molar-refractivity contribution in [1.29, 1.82) is 0 Å². The Labute approximate surface area is 152 Å². The standard InChI is InChI=1S/C19H16BrNO4/c1-11(12-6-4-3-5-7-12)21-18(22)15-9-13-8-14(20)10-16(24-2)17(13)25-19(15)23/h3-11H,1-2H3,(H,21,22)/t11-/m0/s1. The van der Waals surface area contributed by atoms with Crippen molar-refractivity contribution in [2.24, 2.45) is 0 Å². The van der Waals surface area contributed by atoms with Crippen molar-refractivity contribution in [2.75, 3.05) is 7.11 Å². The van der Waals surface area contributed by atoms with E-state index in [0.717, 1.165) is 10.0 Å². The molecule has 25 heavy (non-hydrogen) atoms. The van der Waals surface area contributed by atoms with Gasteiger partial charge in [-0.1, -0.05) is 46.3 Å². The van der Waals surface area contributed by atoms with Crippen LogP contribution in [0.3, 0.4) is 0 Å². The SMILES string of the molecule is COc1cc(Br)cc2cc(C(=O)N[C@@H](C)c3ccccc3)c(=O)oc12. The molecule has 128 valence electrons. The molecular weight excluding hydrogens is 386 g/mol. The van der Waals surface area contributed by atoms with Gasteiger partial charge in [0, 0.05) is 9.86 Å². The molecule has 3 rings (SSSR count). The van der Waals surface area contributed by atoms with Crippen LogP contribution in [0.5, 0.6) is 5.75 Å². The molecule has 1 N–H and O–H groups in total. The Kier molecular flexibility index (Phi) is 4.90. The highest BCUT2D eigenvalue weighted by Crippen LogP contribution is 2.29. The number of nitrogens with one attached hydrogen (secondary N) is 1. The minimum absolute atomic E-state index is 0.0459. The molecule has 3 aromatic rings. The van der Waals surface area contributed by atoms with Crippen molar-refractivity contribution < 1.29 is 13.9 Å². The molecule has 1 aromatic heterocycles. The average Bonchev–Trinajstić information content (AvgIpc) is 2.61. The van der Waals surface area contributed by atoms with Crippen LogP contribution < -0.4 is 15.7 Å². The molecule has 0 saturated carbocycles. The maximum Gasteiger partial charge on any atom is 0.349 e. The van der Waals surface area contributed by atoms with Gasteiger partial charge in [-0.15, -0.1) is 0 Å². The largest absolute Gasteiger partial charge is 0.493 e. The third kappa shape index (κ3) is 3.58. The number of carbonyl (C=O) groups is 1. The number of ether oxygens (including phenoxy) is 1. The Balaban J connectivity index is 1.96. The van der Waals surface area contributed by atoms with E-state index in [9.17, 15) is 9.59 Å². The molecule has 0 aliphatic carbocycles. The van der Waals surface area contributed by atoms with Gasteiger partial charge in [-0.2, -0.15) is 0 Å². The number of amides is 1. The predicted molar refractivity (Wildman–Crippen MR) is 99.1 cm³/mol. The van der Waals surface area contributed by atoms with Gasteiger partial charge < -0.3 is 14.5 Å². The summed E-state index contributed by atoms with van der Waals surface area (Å²) in [6, 6.07) is 14.3. The van der Waals surface area contributed by atoms with E-state index in [-0.39, 0.29) is 11.6 Å². The number of halogens is 1. The quantitative estimate of drug-likeness (QED) is 0.669. The summed E-state index contributed by atoms with van der Waals surface area (Å²) in [6.45, 7) is 1.86. The van der Waals surface area contributed by atoms with Gasteiger partial charge in [0.2, 0.25) is 0 Å². The number of hydrogen-bond acceptors (Lipinski definition) is 4. The molecule has 5 nitrogen and oxygen atoms in total. The highest BCUT2D eigenvalue weighted by atomic mass is 79.9. The van der Waals surface area contributed by atoms with Gasteiger partial charge in [0.15, 0.2) is 11.3 Å². The topological polar surface area (TPSA) is 68.5 Å². The van der Waals surface area contributed by atoms with Gasteiger partial charge in [-0.25, -0.2) is 4.79 Å². The van der Waals surface area contributed by atoms with Crippen molar-refractivity contribution >= 4 is 32.8 Å². The molecule has 0 aliphatic heterocycles. The lowest BCUT2D eigenvalue weighted by Gasteiger charge is -2.14. The molecule has 0 aliphatic rings. The first-order valence-electron chi connectivity index (χ1n) is 7.67. The fraction of sp³-hybridized carbons (Fsp3) is 0.158. The van der Waals surface area contributed by atoms with Crippen LogP contribution in [-0.4, -0.2) is 13.0 Å². The van der Waals surface area contributed by atoms with Crippen molar-refractivity contribution in [2.45, 2.75) is 13.0 Å². The molecule has 0 unspecified atom stereocenters. The number of fused-ring (bicyclic) bond motifs is 1. The molecule has 0 radical (unpaired) electrons. The molecule has 1 atom stereocenters. The fourth-order valence-electron chi connectivity index (χ4n) is 2.58. The van der Waals surface area contributed by atoms with Crippen LogP contribution in [0.1, 0.15) is 28.9 Å². The van der Waals surface area contributed by atoms with Gasteiger partial charge in [-0.3, -0.25) is 4.79 Å². The molecule has 0 spiro atoms. The highest BCUT2D eigenvalue weighted by Gasteiger charge is 2.18. The number of hydrogen-bond donors (Lipinski definition) is 1. The second kappa shape index (κ2) is 7.11. The highest BCUT2D eigenvalue weighted by molar-refractivity contribution is 9.10. The Morgan fingerprint density at radius 2 is 1.92 bits per heavy atom. The Morgan fingerprint density at radius 1 is 1.20 bits per heavy atom. The third-order valence-electron chi connectivity index (χ3n) is 3.87. The Hall–Kier alpha value is -2.60. The molecule has 0 saturated heterocycles. The van der Waals surface area contributed by atoms with Crippen LogP contribution in [0.25, 0.3) is 11.0 Å². The Bertz CT molecular complexity index is 982. The summed E-state index contributed by atoms with van der Waals surface area (Å²) in [4.78, 5) is 24.8. The van der Waals surface area contributed by atoms with Crippen LogP contribution in [0.2, 0.25) is 0 Å². The van der Waals surface area contributed by atoms with Crippen LogP contribution in [-0.2, 0) is 0 Å². The first-order valence-corrected chi connectivity index (χ1v) is 8.46. The van der Waals surface area contributed by atoms with E-state index in [1.165, 1.54) is 13.2 Å². The number of carbonyl (C=O) groups excluding carboxylic acids is 1.